The number of unbranched alkanes of at least 4 members (excludes halogenated alkanes) is 2. The number of pyridine rings is 2. The lowest BCUT2D eigenvalue weighted by atomic mass is 9.97. The highest BCUT2D eigenvalue weighted by Crippen LogP contribution is 2.42. The van der Waals surface area contributed by atoms with Crippen LogP contribution in [0.5, 0.6) is 0 Å². The average Bonchev–Trinajstić information content (AvgIpc) is 2.97. The third kappa shape index (κ3) is 5.97. The summed E-state index contributed by atoms with van der Waals surface area (Å²) in [5, 5.41) is -3.27. The molecule has 5 rings (SSSR count). The van der Waals surface area contributed by atoms with Gasteiger partial charge in [0.05, 0.1) is 55.1 Å². The Kier molecular flexibility index (Phi) is 8.57. The molecule has 2 aromatic heterocycles. The van der Waals surface area contributed by atoms with E-state index in [-0.39, 0.29) is 49.1 Å². The van der Waals surface area contributed by atoms with Crippen LogP contribution in [0.3, 0.4) is 0 Å². The largest absolute Gasteiger partial charge is 0.417 e. The first-order valence-corrected chi connectivity index (χ1v) is 14.6. The van der Waals surface area contributed by atoms with Gasteiger partial charge >= 0.3 is 24.7 Å². The fraction of sp³-hybridized carbons (Fsp3) is 0.375. The van der Waals surface area contributed by atoms with Crippen molar-refractivity contribution in [2.75, 3.05) is 0 Å². The number of hydrogen-bond acceptors (Lipinski definition) is 2. The van der Waals surface area contributed by atoms with Crippen LogP contribution in [0.4, 0.5) is 52.7 Å². The predicted molar refractivity (Wildman–Crippen MR) is 155 cm³/mol. The smallest absolute Gasteiger partial charge is 0.340 e. The fourth-order valence-corrected chi connectivity index (χ4v) is 5.96. The van der Waals surface area contributed by atoms with Crippen LogP contribution in [0.25, 0.3) is 43.6 Å². The lowest BCUT2D eigenvalue weighted by Crippen LogP contribution is -2.21. The van der Waals surface area contributed by atoms with Gasteiger partial charge < -0.3 is 9.13 Å². The number of aryl methyl sites for hydroxylation is 2. The van der Waals surface area contributed by atoms with Gasteiger partial charge in [-0.2, -0.15) is 52.7 Å². The molecule has 0 radical (unpaired) electrons. The van der Waals surface area contributed by atoms with Crippen molar-refractivity contribution in [3.05, 3.63) is 79.1 Å². The maximum atomic E-state index is 14.3. The van der Waals surface area contributed by atoms with Crippen LogP contribution in [0.2, 0.25) is 0 Å². The van der Waals surface area contributed by atoms with Gasteiger partial charge in [-0.3, -0.25) is 9.59 Å². The molecule has 48 heavy (non-hydrogen) atoms. The van der Waals surface area contributed by atoms with E-state index in [1.165, 1.54) is 0 Å². The minimum absolute atomic E-state index is 0.166. The Hall–Kier alpha value is -4.24. The van der Waals surface area contributed by atoms with E-state index < -0.39 is 90.4 Å². The third-order valence-electron chi connectivity index (χ3n) is 8.19. The molecule has 0 saturated heterocycles. The lowest BCUT2D eigenvalue weighted by Gasteiger charge is -2.22. The van der Waals surface area contributed by atoms with Crippen LogP contribution in [-0.2, 0) is 37.8 Å². The van der Waals surface area contributed by atoms with E-state index in [9.17, 15) is 62.3 Å². The second-order valence-corrected chi connectivity index (χ2v) is 11.4. The van der Waals surface area contributed by atoms with Crippen molar-refractivity contribution in [1.82, 2.24) is 9.13 Å². The maximum absolute atomic E-state index is 14.3. The Bertz CT molecular complexity index is 2040. The van der Waals surface area contributed by atoms with Gasteiger partial charge in [0.25, 0.3) is 0 Å². The Balaban J connectivity index is 2.11. The SMILES string of the molecule is CCCCn1c2cc3c(=O)c4c(C(F)(F)F)cc(C(F)(F)F)cc4n(CCCC)c3cc2c(=O)c2c(C(F)(F)F)cc(C(F)(F)F)cc21. The van der Waals surface area contributed by atoms with Gasteiger partial charge in [0, 0.05) is 23.9 Å². The molecule has 3 aromatic carbocycles. The van der Waals surface area contributed by atoms with Crippen molar-refractivity contribution >= 4 is 43.6 Å². The zero-order chi connectivity index (χ0) is 35.7. The maximum Gasteiger partial charge on any atom is 0.417 e. The van der Waals surface area contributed by atoms with Crippen molar-refractivity contribution < 1.29 is 52.7 Å². The standard InChI is InChI=1S/C32H24F12N2O2/c1-3-5-7-45-21-13-18-22(14-17(21)27(47)25-19(31(39,40)41)9-15(11-23(25)45)29(33,34)35)46(8-6-4-2)24-12-16(30(36,37)38)10-20(32(42,43)44)26(24)28(18)48/h9-14H,3-8H2,1-2H3. The van der Waals surface area contributed by atoms with Crippen LogP contribution in [0.15, 0.2) is 46.0 Å². The first kappa shape index (κ1) is 35.1. The summed E-state index contributed by atoms with van der Waals surface area (Å²) in [6, 6.07) is 2.18. The summed E-state index contributed by atoms with van der Waals surface area (Å²) in [4.78, 5) is 27.7. The first-order valence-electron chi connectivity index (χ1n) is 14.6. The fourth-order valence-electron chi connectivity index (χ4n) is 5.96. The van der Waals surface area contributed by atoms with Crippen molar-refractivity contribution in [2.45, 2.75) is 77.3 Å². The van der Waals surface area contributed by atoms with Crippen molar-refractivity contribution in [3.63, 3.8) is 0 Å². The van der Waals surface area contributed by atoms with Crippen LogP contribution in [-0.4, -0.2) is 9.13 Å². The van der Waals surface area contributed by atoms with E-state index in [2.05, 4.69) is 0 Å². The number of benzene rings is 3. The van der Waals surface area contributed by atoms with Gasteiger partial charge in [-0.15, -0.1) is 0 Å². The Morgan fingerprint density at radius 3 is 1.08 bits per heavy atom. The molecule has 0 N–H and O–H groups in total. The lowest BCUT2D eigenvalue weighted by molar-refractivity contribution is -0.143. The van der Waals surface area contributed by atoms with Gasteiger partial charge in [0.1, 0.15) is 0 Å². The molecule has 0 saturated carbocycles. The number of rotatable bonds is 6. The molecule has 16 heteroatoms. The van der Waals surface area contributed by atoms with E-state index in [0.717, 1.165) is 21.3 Å². The molecular weight excluding hydrogens is 672 g/mol. The van der Waals surface area contributed by atoms with E-state index in [1.807, 2.05) is 0 Å². The van der Waals surface area contributed by atoms with Crippen molar-refractivity contribution in [2.24, 2.45) is 0 Å². The Morgan fingerprint density at radius 1 is 0.479 bits per heavy atom. The average molecular weight is 697 g/mol. The molecule has 5 aromatic rings. The Labute approximate surface area is 262 Å². The molecule has 0 spiro atoms. The van der Waals surface area contributed by atoms with Crippen LogP contribution in [0, 0.1) is 0 Å². The number of alkyl halides is 12. The van der Waals surface area contributed by atoms with Gasteiger partial charge in [-0.25, -0.2) is 0 Å². The molecule has 4 nitrogen and oxygen atoms in total. The summed E-state index contributed by atoms with van der Waals surface area (Å²) < 4.78 is 170. The summed E-state index contributed by atoms with van der Waals surface area (Å²) >= 11 is 0. The summed E-state index contributed by atoms with van der Waals surface area (Å²) in [6.45, 7) is 2.82. The molecule has 0 aliphatic rings. The molecule has 0 aliphatic carbocycles. The zero-order valence-corrected chi connectivity index (χ0v) is 25.0. The van der Waals surface area contributed by atoms with Gasteiger partial charge in [0.15, 0.2) is 10.9 Å². The summed E-state index contributed by atoms with van der Waals surface area (Å²) in [7, 11) is 0. The molecular formula is C32H24F12N2O2. The Morgan fingerprint density at radius 2 is 0.812 bits per heavy atom. The number of hydrogen-bond donors (Lipinski definition) is 0. The molecule has 0 amide bonds. The van der Waals surface area contributed by atoms with Crippen molar-refractivity contribution in [3.8, 4) is 0 Å². The highest BCUT2D eigenvalue weighted by molar-refractivity contribution is 6.05. The molecule has 2 heterocycles. The minimum Gasteiger partial charge on any atom is -0.340 e. The number of fused-ring (bicyclic) bond motifs is 4. The van der Waals surface area contributed by atoms with Crippen LogP contribution in [0.1, 0.15) is 61.8 Å². The molecule has 0 atom stereocenters. The molecule has 0 aliphatic heterocycles. The summed E-state index contributed by atoms with van der Waals surface area (Å²) in [5.74, 6) is 0. The topological polar surface area (TPSA) is 44.0 Å². The van der Waals surface area contributed by atoms with Gasteiger partial charge in [-0.05, 0) is 49.2 Å². The van der Waals surface area contributed by atoms with Gasteiger partial charge in [-0.1, -0.05) is 26.7 Å². The number of aromatic nitrogens is 2. The highest BCUT2D eigenvalue weighted by atomic mass is 19.4. The third-order valence-corrected chi connectivity index (χ3v) is 8.19. The van der Waals surface area contributed by atoms with Crippen LogP contribution >= 0.6 is 0 Å². The summed E-state index contributed by atoms with van der Waals surface area (Å²) in [6.07, 6.45) is -20.3. The first-order chi connectivity index (χ1) is 22.1. The van der Waals surface area contributed by atoms with Crippen molar-refractivity contribution in [1.29, 1.82) is 0 Å². The van der Waals surface area contributed by atoms with E-state index in [1.54, 1.807) is 13.8 Å². The van der Waals surface area contributed by atoms with E-state index in [0.29, 0.717) is 25.0 Å². The number of halogens is 12. The normalized spacial score (nSPS) is 13.5. The molecule has 0 fully saturated rings. The molecule has 0 bridgehead atoms. The van der Waals surface area contributed by atoms with Crippen LogP contribution < -0.4 is 10.9 Å². The highest BCUT2D eigenvalue weighted by Gasteiger charge is 2.41. The number of nitrogens with zero attached hydrogens (tertiary/aromatic N) is 2. The van der Waals surface area contributed by atoms with Gasteiger partial charge in [0.2, 0.25) is 0 Å². The quantitative estimate of drug-likeness (QED) is 0.131. The minimum atomic E-state index is -5.44. The van der Waals surface area contributed by atoms with E-state index >= 15 is 0 Å². The molecule has 258 valence electrons. The van der Waals surface area contributed by atoms with E-state index in [4.69, 9.17) is 0 Å². The zero-order valence-electron chi connectivity index (χ0n) is 25.0. The second-order valence-electron chi connectivity index (χ2n) is 11.4. The summed E-state index contributed by atoms with van der Waals surface area (Å²) in [5.41, 5.74) is -12.1. The monoisotopic (exact) mass is 696 g/mol. The predicted octanol–water partition coefficient (Wildman–Crippen LogP) is 10.3. The molecule has 0 unspecified atom stereocenters. The second kappa shape index (κ2) is 11.7.